The van der Waals surface area contributed by atoms with Crippen molar-refractivity contribution in [2.45, 2.75) is 27.7 Å². The summed E-state index contributed by atoms with van der Waals surface area (Å²) in [7, 11) is 3.25. The van der Waals surface area contributed by atoms with E-state index in [1.807, 2.05) is 62.4 Å². The molecular formula is C22H26N4O4. The number of ether oxygens (including phenoxy) is 2. The lowest BCUT2D eigenvalue weighted by atomic mass is 10.2. The Morgan fingerprint density at radius 1 is 0.633 bits per heavy atom. The van der Waals surface area contributed by atoms with E-state index in [9.17, 15) is 0 Å². The summed E-state index contributed by atoms with van der Waals surface area (Å²) < 4.78 is 20.7. The van der Waals surface area contributed by atoms with Gasteiger partial charge in [0, 0.05) is 25.0 Å². The molecule has 4 rings (SSSR count). The van der Waals surface area contributed by atoms with E-state index in [-0.39, 0.29) is 0 Å². The van der Waals surface area contributed by atoms with Gasteiger partial charge in [0.25, 0.3) is 0 Å². The molecule has 2 aromatic carbocycles. The number of nitrogens with zero attached hydrogens (tertiary/aromatic N) is 4. The number of methoxy groups -OCH3 is 2. The minimum Gasteiger partial charge on any atom is -0.497 e. The first-order chi connectivity index (χ1) is 14.6. The highest BCUT2D eigenvalue weighted by Crippen LogP contribution is 2.22. The number of hydrogen-bond acceptors (Lipinski definition) is 8. The molecule has 4 aromatic rings. The van der Waals surface area contributed by atoms with Crippen molar-refractivity contribution in [3.05, 3.63) is 60.3 Å². The van der Waals surface area contributed by atoms with Crippen molar-refractivity contribution in [3.63, 3.8) is 0 Å². The van der Waals surface area contributed by atoms with Gasteiger partial charge in [0.05, 0.1) is 14.2 Å². The molecule has 0 saturated heterocycles. The summed E-state index contributed by atoms with van der Waals surface area (Å²) in [5.41, 5.74) is 1.76. The quantitative estimate of drug-likeness (QED) is 0.457. The molecule has 0 N–H and O–H groups in total. The van der Waals surface area contributed by atoms with E-state index in [0.29, 0.717) is 23.6 Å². The van der Waals surface area contributed by atoms with Crippen LogP contribution in [-0.2, 0) is 0 Å². The van der Waals surface area contributed by atoms with Crippen LogP contribution < -0.4 is 9.47 Å². The van der Waals surface area contributed by atoms with Crippen molar-refractivity contribution >= 4 is 0 Å². The minimum atomic E-state index is 0.515. The number of aryl methyl sites for hydroxylation is 2. The lowest BCUT2D eigenvalue weighted by molar-refractivity contribution is 0.414. The number of rotatable bonds is 4. The Bertz CT molecular complexity index is 1030. The van der Waals surface area contributed by atoms with Gasteiger partial charge >= 0.3 is 0 Å². The first kappa shape index (κ1) is 22.6. The normalized spacial score (nSPS) is 9.67. The summed E-state index contributed by atoms with van der Waals surface area (Å²) in [6.07, 6.45) is 0. The summed E-state index contributed by atoms with van der Waals surface area (Å²) >= 11 is 0. The van der Waals surface area contributed by atoms with Crippen molar-refractivity contribution in [3.8, 4) is 34.4 Å². The summed E-state index contributed by atoms with van der Waals surface area (Å²) in [4.78, 5) is 0. The van der Waals surface area contributed by atoms with E-state index in [1.54, 1.807) is 28.1 Å². The molecule has 0 aliphatic rings. The summed E-state index contributed by atoms with van der Waals surface area (Å²) in [5.74, 6) is 3.76. The average Bonchev–Trinajstić information content (AvgIpc) is 3.44. The van der Waals surface area contributed by atoms with Gasteiger partial charge in [-0.25, -0.2) is 0 Å². The maximum Gasteiger partial charge on any atom is 0.247 e. The van der Waals surface area contributed by atoms with Gasteiger partial charge in [0.15, 0.2) is 0 Å². The standard InChI is InChI=1S/2C10H10N2O2.C2H6/c1-7-11-12-10(14-7)8-3-5-9(13-2)6-4-8;1-7-11-12-10(14-7)8-4-3-5-9(6-8)13-2;1-2/h2*3-6H,1-2H3;1-2H3. The molecular weight excluding hydrogens is 384 g/mol. The first-order valence-corrected chi connectivity index (χ1v) is 9.48. The average molecular weight is 410 g/mol. The highest BCUT2D eigenvalue weighted by Gasteiger charge is 2.06. The largest absolute Gasteiger partial charge is 0.497 e. The second kappa shape index (κ2) is 11.4. The Labute approximate surface area is 175 Å². The number of benzene rings is 2. The van der Waals surface area contributed by atoms with Crippen LogP contribution >= 0.6 is 0 Å². The van der Waals surface area contributed by atoms with Gasteiger partial charge in [-0.1, -0.05) is 19.9 Å². The Morgan fingerprint density at radius 3 is 1.63 bits per heavy atom. The minimum absolute atomic E-state index is 0.515. The van der Waals surface area contributed by atoms with Crippen LogP contribution in [0.2, 0.25) is 0 Å². The molecule has 0 bridgehead atoms. The summed E-state index contributed by atoms with van der Waals surface area (Å²) in [6.45, 7) is 7.52. The van der Waals surface area contributed by atoms with E-state index >= 15 is 0 Å². The molecule has 0 aliphatic heterocycles. The van der Waals surface area contributed by atoms with Crippen LogP contribution in [0.15, 0.2) is 57.4 Å². The van der Waals surface area contributed by atoms with E-state index in [1.165, 1.54) is 0 Å². The fraction of sp³-hybridized carbons (Fsp3) is 0.273. The van der Waals surface area contributed by atoms with Crippen molar-refractivity contribution in [2.75, 3.05) is 14.2 Å². The molecule has 8 nitrogen and oxygen atoms in total. The van der Waals surface area contributed by atoms with E-state index in [0.717, 1.165) is 22.6 Å². The fourth-order valence-electron chi connectivity index (χ4n) is 2.32. The van der Waals surface area contributed by atoms with Crippen LogP contribution in [0.25, 0.3) is 22.9 Å². The Hall–Kier alpha value is -3.68. The molecule has 158 valence electrons. The van der Waals surface area contributed by atoms with Crippen LogP contribution in [0, 0.1) is 13.8 Å². The Balaban J connectivity index is 0.000000197. The van der Waals surface area contributed by atoms with E-state index < -0.39 is 0 Å². The van der Waals surface area contributed by atoms with Crippen LogP contribution in [0.1, 0.15) is 25.6 Å². The second-order valence-electron chi connectivity index (χ2n) is 5.71. The molecule has 0 saturated carbocycles. The lowest BCUT2D eigenvalue weighted by Gasteiger charge is -1.99. The van der Waals surface area contributed by atoms with Crippen molar-refractivity contribution in [1.82, 2.24) is 20.4 Å². The van der Waals surface area contributed by atoms with Gasteiger partial charge in [-0.15, -0.1) is 20.4 Å². The first-order valence-electron chi connectivity index (χ1n) is 9.48. The zero-order valence-electron chi connectivity index (χ0n) is 18.0. The van der Waals surface area contributed by atoms with Crippen molar-refractivity contribution in [1.29, 1.82) is 0 Å². The molecule has 0 unspecified atom stereocenters. The van der Waals surface area contributed by atoms with Crippen molar-refractivity contribution in [2.24, 2.45) is 0 Å². The van der Waals surface area contributed by atoms with Crippen LogP contribution in [-0.4, -0.2) is 34.6 Å². The molecule has 0 amide bonds. The zero-order chi connectivity index (χ0) is 21.9. The smallest absolute Gasteiger partial charge is 0.247 e. The summed E-state index contributed by atoms with van der Waals surface area (Å²) in [6, 6.07) is 15.0. The molecule has 0 fully saturated rings. The van der Waals surface area contributed by atoms with E-state index in [4.69, 9.17) is 18.3 Å². The second-order valence-corrected chi connectivity index (χ2v) is 5.71. The monoisotopic (exact) mass is 410 g/mol. The summed E-state index contributed by atoms with van der Waals surface area (Å²) in [5, 5.41) is 15.4. The van der Waals surface area contributed by atoms with Gasteiger partial charge in [-0.05, 0) is 42.5 Å². The molecule has 30 heavy (non-hydrogen) atoms. The van der Waals surface area contributed by atoms with Crippen LogP contribution in [0.4, 0.5) is 0 Å². The molecule has 0 atom stereocenters. The van der Waals surface area contributed by atoms with E-state index in [2.05, 4.69) is 20.4 Å². The van der Waals surface area contributed by atoms with Crippen molar-refractivity contribution < 1.29 is 18.3 Å². The third-order valence-corrected chi connectivity index (χ3v) is 3.71. The Morgan fingerprint density at radius 2 is 1.17 bits per heavy atom. The molecule has 0 aliphatic carbocycles. The third kappa shape index (κ3) is 6.16. The molecule has 0 radical (unpaired) electrons. The Kier molecular flexibility index (Phi) is 8.56. The SMILES string of the molecule is CC.COc1ccc(-c2nnc(C)o2)cc1.COc1cccc(-c2nnc(C)o2)c1. The topological polar surface area (TPSA) is 96.3 Å². The maximum atomic E-state index is 5.29. The van der Waals surface area contributed by atoms with Gasteiger partial charge < -0.3 is 18.3 Å². The molecule has 8 heteroatoms. The number of hydrogen-bond donors (Lipinski definition) is 0. The third-order valence-electron chi connectivity index (χ3n) is 3.71. The fourth-order valence-corrected chi connectivity index (χ4v) is 2.32. The maximum absolute atomic E-state index is 5.29. The zero-order valence-corrected chi connectivity index (χ0v) is 18.0. The van der Waals surface area contributed by atoms with Gasteiger partial charge in [0.2, 0.25) is 23.6 Å². The lowest BCUT2D eigenvalue weighted by Crippen LogP contribution is -1.83. The molecule has 2 aromatic heterocycles. The predicted octanol–water partition coefficient (Wildman–Crippen LogP) is 5.13. The number of aromatic nitrogens is 4. The molecule has 2 heterocycles. The highest BCUT2D eigenvalue weighted by molar-refractivity contribution is 5.55. The highest BCUT2D eigenvalue weighted by atomic mass is 16.5. The van der Waals surface area contributed by atoms with Crippen LogP contribution in [0.3, 0.4) is 0 Å². The van der Waals surface area contributed by atoms with Crippen LogP contribution in [0.5, 0.6) is 11.5 Å². The van der Waals surface area contributed by atoms with Gasteiger partial charge in [-0.3, -0.25) is 0 Å². The predicted molar refractivity (Wildman–Crippen MR) is 113 cm³/mol. The van der Waals surface area contributed by atoms with Gasteiger partial charge in [-0.2, -0.15) is 0 Å². The molecule has 0 spiro atoms. The van der Waals surface area contributed by atoms with Gasteiger partial charge in [0.1, 0.15) is 11.5 Å².